The number of nitrogens with zero attached hydrogens (tertiary/aromatic N) is 2. The lowest BCUT2D eigenvalue weighted by Gasteiger charge is -2.32. The van der Waals surface area contributed by atoms with Gasteiger partial charge in [-0.05, 0) is 55.0 Å². The number of morpholine rings is 1. The molecule has 37 heavy (non-hydrogen) atoms. The number of halogens is 2. The van der Waals surface area contributed by atoms with Crippen LogP contribution in [0.25, 0.3) is 0 Å². The fourth-order valence-corrected chi connectivity index (χ4v) is 5.27. The van der Waals surface area contributed by atoms with E-state index < -0.39 is 17.8 Å². The van der Waals surface area contributed by atoms with Gasteiger partial charge in [0, 0.05) is 31.9 Å². The number of carbonyl (C=O) groups excluding carboxylic acids is 3. The Hall–Kier alpha value is -2.53. The Labute approximate surface area is 225 Å². The highest BCUT2D eigenvalue weighted by molar-refractivity contribution is 7.18. The number of hydrogen-bond acceptors (Lipinski definition) is 6. The number of carbonyl (C=O) groups is 3. The monoisotopic (exact) mass is 550 g/mol. The molecule has 1 aromatic heterocycles. The lowest BCUT2D eigenvalue weighted by molar-refractivity contribution is -0.125. The van der Waals surface area contributed by atoms with Gasteiger partial charge in [-0.15, -0.1) is 11.3 Å². The molecule has 2 aliphatic rings. The van der Waals surface area contributed by atoms with E-state index in [9.17, 15) is 14.4 Å². The number of anilines is 2. The van der Waals surface area contributed by atoms with Crippen LogP contribution in [0, 0.1) is 17.7 Å². The Kier molecular flexibility index (Phi) is 9.17. The van der Waals surface area contributed by atoms with Crippen LogP contribution in [-0.4, -0.2) is 68.1 Å². The predicted octanol–water partition coefficient (Wildman–Crippen LogP) is 4.01. The van der Waals surface area contributed by atoms with Crippen molar-refractivity contribution in [1.29, 1.82) is 0 Å². The summed E-state index contributed by atoms with van der Waals surface area (Å²) >= 11 is 7.13. The first-order chi connectivity index (χ1) is 17.7. The first-order valence-electron chi connectivity index (χ1n) is 12.5. The highest BCUT2D eigenvalue weighted by Crippen LogP contribution is 2.31. The summed E-state index contributed by atoms with van der Waals surface area (Å²) in [5.41, 5.74) is 0.434. The second-order valence-electron chi connectivity index (χ2n) is 9.87. The summed E-state index contributed by atoms with van der Waals surface area (Å²) in [7, 11) is 0. The average molecular weight is 551 g/mol. The quantitative estimate of drug-likeness (QED) is 0.441. The molecular weight excluding hydrogens is 519 g/mol. The van der Waals surface area contributed by atoms with Gasteiger partial charge in [-0.2, -0.15) is 0 Å². The maximum absolute atomic E-state index is 15.0. The van der Waals surface area contributed by atoms with Crippen LogP contribution in [0.3, 0.4) is 0 Å². The van der Waals surface area contributed by atoms with Crippen molar-refractivity contribution < 1.29 is 23.5 Å². The van der Waals surface area contributed by atoms with Gasteiger partial charge in [-0.1, -0.05) is 25.4 Å². The van der Waals surface area contributed by atoms with E-state index in [-0.39, 0.29) is 30.7 Å². The number of hydrogen-bond donors (Lipinski definition) is 2. The van der Waals surface area contributed by atoms with E-state index in [2.05, 4.69) is 29.4 Å². The molecule has 2 N–H and O–H groups in total. The SMILES string of the molecule is CC(C)CN(CC1CC1)[C@H](CNC(=O)c1ccc(Cl)s1)C(=O)Nc1ccc(N2CCOCC2=O)cc1F. The second kappa shape index (κ2) is 12.3. The zero-order valence-electron chi connectivity index (χ0n) is 21.0. The molecule has 11 heteroatoms. The van der Waals surface area contributed by atoms with E-state index in [1.807, 2.05) is 0 Å². The van der Waals surface area contributed by atoms with Crippen LogP contribution in [0.5, 0.6) is 0 Å². The number of ether oxygens (including phenoxy) is 1. The number of amides is 3. The molecule has 0 spiro atoms. The Morgan fingerprint density at radius 1 is 1.27 bits per heavy atom. The molecular formula is C26H32ClFN4O4S. The van der Waals surface area contributed by atoms with Crippen LogP contribution in [0.2, 0.25) is 4.34 Å². The van der Waals surface area contributed by atoms with E-state index in [0.717, 1.165) is 19.4 Å². The van der Waals surface area contributed by atoms with Gasteiger partial charge < -0.3 is 20.3 Å². The van der Waals surface area contributed by atoms with Crippen LogP contribution in [0.4, 0.5) is 15.8 Å². The topological polar surface area (TPSA) is 91.0 Å². The number of benzene rings is 1. The molecule has 2 heterocycles. The van der Waals surface area contributed by atoms with Crippen molar-refractivity contribution >= 4 is 52.0 Å². The largest absolute Gasteiger partial charge is 0.370 e. The Morgan fingerprint density at radius 2 is 2.05 bits per heavy atom. The summed E-state index contributed by atoms with van der Waals surface area (Å²) in [6.45, 7) is 6.29. The fourth-order valence-electron chi connectivity index (χ4n) is 4.31. The Morgan fingerprint density at radius 3 is 2.68 bits per heavy atom. The van der Waals surface area contributed by atoms with Gasteiger partial charge in [0.2, 0.25) is 5.91 Å². The molecule has 1 aromatic carbocycles. The summed E-state index contributed by atoms with van der Waals surface area (Å²) in [5.74, 6) is -0.782. The third kappa shape index (κ3) is 7.50. The van der Waals surface area contributed by atoms with Gasteiger partial charge in [0.05, 0.1) is 21.5 Å². The molecule has 1 saturated carbocycles. The van der Waals surface area contributed by atoms with Gasteiger partial charge in [-0.25, -0.2) is 4.39 Å². The van der Waals surface area contributed by atoms with E-state index in [1.54, 1.807) is 18.2 Å². The zero-order chi connectivity index (χ0) is 26.5. The van der Waals surface area contributed by atoms with E-state index in [1.165, 1.54) is 28.4 Å². The molecule has 0 bridgehead atoms. The minimum Gasteiger partial charge on any atom is -0.370 e. The van der Waals surface area contributed by atoms with Gasteiger partial charge >= 0.3 is 0 Å². The van der Waals surface area contributed by atoms with Crippen LogP contribution in [-0.2, 0) is 14.3 Å². The summed E-state index contributed by atoms with van der Waals surface area (Å²) < 4.78 is 20.7. The molecule has 3 amide bonds. The zero-order valence-corrected chi connectivity index (χ0v) is 22.5. The Bertz CT molecular complexity index is 1140. The molecule has 8 nitrogen and oxygen atoms in total. The van der Waals surface area contributed by atoms with E-state index in [0.29, 0.717) is 46.4 Å². The minimum absolute atomic E-state index is 0.0201. The lowest BCUT2D eigenvalue weighted by atomic mass is 10.1. The van der Waals surface area contributed by atoms with Gasteiger partial charge in [-0.3, -0.25) is 19.3 Å². The van der Waals surface area contributed by atoms with Crippen molar-refractivity contribution in [2.24, 2.45) is 11.8 Å². The molecule has 0 radical (unpaired) electrons. The highest BCUT2D eigenvalue weighted by atomic mass is 35.5. The normalized spacial score (nSPS) is 16.8. The Balaban J connectivity index is 1.50. The first-order valence-corrected chi connectivity index (χ1v) is 13.7. The smallest absolute Gasteiger partial charge is 0.261 e. The minimum atomic E-state index is -0.692. The molecule has 1 atom stereocenters. The van der Waals surface area contributed by atoms with Gasteiger partial charge in [0.1, 0.15) is 18.5 Å². The van der Waals surface area contributed by atoms with Crippen LogP contribution < -0.4 is 15.5 Å². The molecule has 1 aliphatic carbocycles. The average Bonchev–Trinajstić information content (AvgIpc) is 3.56. The van der Waals surface area contributed by atoms with Crippen LogP contribution in [0.15, 0.2) is 30.3 Å². The first kappa shape index (κ1) is 27.5. The van der Waals surface area contributed by atoms with Crippen molar-refractivity contribution in [1.82, 2.24) is 10.2 Å². The van der Waals surface area contributed by atoms with Crippen molar-refractivity contribution in [3.8, 4) is 0 Å². The standard InChI is InChI=1S/C26H32ClFN4O4S/c1-16(2)13-31(14-17-3-4-17)21(12-29-26(35)22-7-8-23(27)37-22)25(34)30-20-6-5-18(11-19(20)28)32-9-10-36-15-24(32)33/h5-8,11,16-17,21H,3-4,9-10,12-15H2,1-2H3,(H,29,35)(H,30,34)/t21-/m1/s1. The third-order valence-electron chi connectivity index (χ3n) is 6.29. The maximum Gasteiger partial charge on any atom is 0.261 e. The third-order valence-corrected chi connectivity index (χ3v) is 7.52. The summed E-state index contributed by atoms with van der Waals surface area (Å²) in [4.78, 5) is 42.3. The second-order valence-corrected chi connectivity index (χ2v) is 11.6. The van der Waals surface area contributed by atoms with Crippen LogP contribution in [0.1, 0.15) is 36.4 Å². The van der Waals surface area contributed by atoms with Crippen molar-refractivity contribution in [2.75, 3.05) is 49.6 Å². The van der Waals surface area contributed by atoms with E-state index in [4.69, 9.17) is 16.3 Å². The number of thiophene rings is 1. The lowest BCUT2D eigenvalue weighted by Crippen LogP contribution is -2.52. The summed E-state index contributed by atoms with van der Waals surface area (Å²) in [6.07, 6.45) is 2.22. The summed E-state index contributed by atoms with van der Waals surface area (Å²) in [6, 6.07) is 6.91. The van der Waals surface area contributed by atoms with Crippen LogP contribution >= 0.6 is 22.9 Å². The predicted molar refractivity (Wildman–Crippen MR) is 143 cm³/mol. The van der Waals surface area contributed by atoms with E-state index >= 15 is 4.39 Å². The van der Waals surface area contributed by atoms with Crippen molar-refractivity contribution in [3.05, 3.63) is 45.4 Å². The number of nitrogens with one attached hydrogen (secondary N) is 2. The highest BCUT2D eigenvalue weighted by Gasteiger charge is 2.33. The molecule has 0 unspecified atom stereocenters. The van der Waals surface area contributed by atoms with Crippen molar-refractivity contribution in [3.63, 3.8) is 0 Å². The molecule has 2 fully saturated rings. The molecule has 2 aromatic rings. The number of rotatable bonds is 11. The van der Waals surface area contributed by atoms with Gasteiger partial charge in [0.25, 0.3) is 11.8 Å². The van der Waals surface area contributed by atoms with Gasteiger partial charge in [0.15, 0.2) is 0 Å². The summed E-state index contributed by atoms with van der Waals surface area (Å²) in [5, 5.41) is 5.57. The maximum atomic E-state index is 15.0. The molecule has 200 valence electrons. The van der Waals surface area contributed by atoms with Crippen molar-refractivity contribution in [2.45, 2.75) is 32.7 Å². The fraction of sp³-hybridized carbons (Fsp3) is 0.500. The molecule has 4 rings (SSSR count). The molecule has 1 saturated heterocycles. The molecule has 1 aliphatic heterocycles.